The number of hydrogen-bond acceptors (Lipinski definition) is 3. The van der Waals surface area contributed by atoms with Crippen molar-refractivity contribution in [3.63, 3.8) is 0 Å². The Morgan fingerprint density at radius 2 is 2.00 bits per heavy atom. The van der Waals surface area contributed by atoms with Gasteiger partial charge in [0.1, 0.15) is 5.88 Å². The third-order valence-corrected chi connectivity index (χ3v) is 4.68. The molecule has 1 aromatic heterocycles. The highest BCUT2D eigenvalue weighted by Crippen LogP contribution is 2.23. The van der Waals surface area contributed by atoms with Crippen LogP contribution in [-0.4, -0.2) is 47.8 Å². The van der Waals surface area contributed by atoms with Crippen LogP contribution in [0.5, 0.6) is 0 Å². The molecule has 1 amide bonds. The summed E-state index contributed by atoms with van der Waals surface area (Å²) in [6.45, 7) is 4.41. The van der Waals surface area contributed by atoms with Crippen LogP contribution in [0.3, 0.4) is 0 Å². The Hall–Kier alpha value is 0.190. The summed E-state index contributed by atoms with van der Waals surface area (Å²) in [6.07, 6.45) is 0. The average Bonchev–Trinajstić information content (AvgIpc) is 2.75. The van der Waals surface area contributed by atoms with E-state index in [9.17, 15) is 4.79 Å². The van der Waals surface area contributed by atoms with Crippen LogP contribution in [0, 0.1) is 0 Å². The van der Waals surface area contributed by atoms with E-state index in [0.717, 1.165) is 32.7 Å². The number of alkyl halides is 1. The smallest absolute Gasteiger partial charge is 0.237 e. The molecule has 0 bridgehead atoms. The van der Waals surface area contributed by atoms with Gasteiger partial charge in [0.05, 0.1) is 3.79 Å². The largest absolute Gasteiger partial charge is 0.339 e. The number of amides is 1. The molecule has 0 radical (unpaired) electrons. The molecular formula is C11H15BrCl2N2OS. The molecule has 3 nitrogen and oxygen atoms in total. The van der Waals surface area contributed by atoms with Gasteiger partial charge < -0.3 is 4.90 Å². The maximum atomic E-state index is 11.4. The van der Waals surface area contributed by atoms with E-state index in [1.54, 1.807) is 11.3 Å². The molecule has 18 heavy (non-hydrogen) atoms. The molecule has 2 heterocycles. The lowest BCUT2D eigenvalue weighted by molar-refractivity contribution is -0.130. The topological polar surface area (TPSA) is 23.6 Å². The summed E-state index contributed by atoms with van der Waals surface area (Å²) in [6, 6.07) is 4.22. The number of hydrogen-bond donors (Lipinski definition) is 0. The van der Waals surface area contributed by atoms with Crippen molar-refractivity contribution in [1.82, 2.24) is 9.80 Å². The predicted octanol–water partition coefficient (Wildman–Crippen LogP) is 2.82. The number of carbonyl (C=O) groups excluding carboxylic acids is 1. The Kier molecular flexibility index (Phi) is 6.95. The van der Waals surface area contributed by atoms with E-state index in [-0.39, 0.29) is 24.2 Å². The van der Waals surface area contributed by atoms with Crippen molar-refractivity contribution in [1.29, 1.82) is 0 Å². The van der Waals surface area contributed by atoms with E-state index in [0.29, 0.717) is 0 Å². The highest BCUT2D eigenvalue weighted by atomic mass is 79.9. The molecule has 1 aliphatic heterocycles. The van der Waals surface area contributed by atoms with Crippen LogP contribution in [0.2, 0.25) is 0 Å². The lowest BCUT2D eigenvalue weighted by Gasteiger charge is -2.34. The van der Waals surface area contributed by atoms with Gasteiger partial charge in [0.2, 0.25) is 5.91 Å². The van der Waals surface area contributed by atoms with Crippen molar-refractivity contribution < 1.29 is 4.79 Å². The van der Waals surface area contributed by atoms with E-state index < -0.39 is 0 Å². The molecule has 2 rings (SSSR count). The minimum atomic E-state index is 0. The fourth-order valence-corrected chi connectivity index (χ4v) is 3.59. The predicted molar refractivity (Wildman–Crippen MR) is 81.8 cm³/mol. The second kappa shape index (κ2) is 7.70. The van der Waals surface area contributed by atoms with Gasteiger partial charge in [-0.3, -0.25) is 9.69 Å². The molecule has 0 spiro atoms. The van der Waals surface area contributed by atoms with Gasteiger partial charge in [0.15, 0.2) is 0 Å². The summed E-state index contributed by atoms with van der Waals surface area (Å²) >= 11 is 10.8. The standard InChI is InChI=1S/C11H14BrClN2OS.ClH/c12-10-2-1-9(17-10)8-14-3-5-15(6-4-14)11(16)7-13;/h1-2H,3-8H2;1H. The number of halogens is 3. The number of piperazine rings is 1. The number of carbonyl (C=O) groups is 1. The number of nitrogens with zero attached hydrogens (tertiary/aromatic N) is 2. The summed E-state index contributed by atoms with van der Waals surface area (Å²) in [5.74, 6) is 0.142. The Balaban J connectivity index is 0.00000162. The molecule has 0 aromatic carbocycles. The van der Waals surface area contributed by atoms with Crippen molar-refractivity contribution in [2.24, 2.45) is 0 Å². The average molecular weight is 374 g/mol. The highest BCUT2D eigenvalue weighted by Gasteiger charge is 2.20. The molecule has 102 valence electrons. The summed E-state index contributed by atoms with van der Waals surface area (Å²) in [5, 5.41) is 0. The van der Waals surface area contributed by atoms with Crippen molar-refractivity contribution in [2.75, 3.05) is 32.1 Å². The first-order chi connectivity index (χ1) is 8.19. The van der Waals surface area contributed by atoms with Crippen LogP contribution in [0.1, 0.15) is 4.88 Å². The van der Waals surface area contributed by atoms with Crippen LogP contribution in [-0.2, 0) is 11.3 Å². The van der Waals surface area contributed by atoms with E-state index in [1.807, 2.05) is 4.90 Å². The van der Waals surface area contributed by atoms with Gasteiger partial charge in [-0.05, 0) is 28.1 Å². The zero-order chi connectivity index (χ0) is 12.3. The zero-order valence-electron chi connectivity index (χ0n) is 9.77. The van der Waals surface area contributed by atoms with E-state index in [4.69, 9.17) is 11.6 Å². The van der Waals surface area contributed by atoms with Crippen molar-refractivity contribution in [3.05, 3.63) is 20.8 Å². The molecule has 0 atom stereocenters. The van der Waals surface area contributed by atoms with Crippen molar-refractivity contribution in [2.45, 2.75) is 6.54 Å². The molecule has 1 fully saturated rings. The van der Waals surface area contributed by atoms with Gasteiger partial charge in [0.25, 0.3) is 0 Å². The monoisotopic (exact) mass is 372 g/mol. The molecule has 0 aliphatic carbocycles. The first-order valence-corrected chi connectivity index (χ1v) is 7.64. The number of thiophene rings is 1. The SMILES string of the molecule is Cl.O=C(CCl)N1CCN(Cc2ccc(Br)s2)CC1. The normalized spacial score (nSPS) is 16.4. The summed E-state index contributed by atoms with van der Waals surface area (Å²) in [5.41, 5.74) is 0. The first-order valence-electron chi connectivity index (χ1n) is 5.49. The minimum absolute atomic E-state index is 0. The molecule has 0 saturated carbocycles. The Morgan fingerprint density at radius 1 is 1.33 bits per heavy atom. The van der Waals surface area contributed by atoms with Gasteiger partial charge in [0, 0.05) is 37.6 Å². The second-order valence-electron chi connectivity index (χ2n) is 4.00. The fraction of sp³-hybridized carbons (Fsp3) is 0.545. The lowest BCUT2D eigenvalue weighted by atomic mass is 10.3. The molecule has 0 N–H and O–H groups in total. The third-order valence-electron chi connectivity index (χ3n) is 2.85. The van der Waals surface area contributed by atoms with Crippen LogP contribution in [0.25, 0.3) is 0 Å². The van der Waals surface area contributed by atoms with Crippen molar-refractivity contribution in [3.8, 4) is 0 Å². The molecule has 1 aromatic rings. The van der Waals surface area contributed by atoms with Crippen LogP contribution in [0.4, 0.5) is 0 Å². The van der Waals surface area contributed by atoms with Gasteiger partial charge in [-0.2, -0.15) is 0 Å². The fourth-order valence-electron chi connectivity index (χ4n) is 1.90. The third kappa shape index (κ3) is 4.38. The first kappa shape index (κ1) is 16.2. The highest BCUT2D eigenvalue weighted by molar-refractivity contribution is 9.11. The van der Waals surface area contributed by atoms with Gasteiger partial charge >= 0.3 is 0 Å². The molecule has 1 aliphatic rings. The van der Waals surface area contributed by atoms with Gasteiger partial charge in [-0.1, -0.05) is 0 Å². The van der Waals surface area contributed by atoms with Gasteiger partial charge in [-0.25, -0.2) is 0 Å². The summed E-state index contributed by atoms with van der Waals surface area (Å²) in [7, 11) is 0. The maximum absolute atomic E-state index is 11.4. The van der Waals surface area contributed by atoms with E-state index in [1.165, 1.54) is 8.66 Å². The molecule has 7 heteroatoms. The molecule has 0 unspecified atom stereocenters. The van der Waals surface area contributed by atoms with Crippen LogP contribution >= 0.6 is 51.3 Å². The van der Waals surface area contributed by atoms with Crippen LogP contribution < -0.4 is 0 Å². The Morgan fingerprint density at radius 3 is 2.50 bits per heavy atom. The quantitative estimate of drug-likeness (QED) is 0.760. The Labute approximate surface area is 131 Å². The molecular weight excluding hydrogens is 359 g/mol. The second-order valence-corrected chi connectivity index (χ2v) is 6.81. The van der Waals surface area contributed by atoms with Gasteiger partial charge in [-0.15, -0.1) is 35.3 Å². The lowest BCUT2D eigenvalue weighted by Crippen LogP contribution is -2.48. The molecule has 1 saturated heterocycles. The Bertz CT molecular complexity index is 394. The summed E-state index contributed by atoms with van der Waals surface area (Å²) < 4.78 is 1.17. The minimum Gasteiger partial charge on any atom is -0.339 e. The van der Waals surface area contributed by atoms with Crippen LogP contribution in [0.15, 0.2) is 15.9 Å². The maximum Gasteiger partial charge on any atom is 0.237 e. The van der Waals surface area contributed by atoms with Crippen molar-refractivity contribution >= 4 is 57.2 Å². The van der Waals surface area contributed by atoms with E-state index >= 15 is 0 Å². The number of rotatable bonds is 3. The van der Waals surface area contributed by atoms with E-state index in [2.05, 4.69) is 33.0 Å². The zero-order valence-corrected chi connectivity index (χ0v) is 13.7. The summed E-state index contributed by atoms with van der Waals surface area (Å²) in [4.78, 5) is 17.0.